The van der Waals surface area contributed by atoms with Crippen molar-refractivity contribution in [1.82, 2.24) is 9.97 Å². The average Bonchev–Trinajstić information content (AvgIpc) is 2.67. The van der Waals surface area contributed by atoms with Gasteiger partial charge < -0.3 is 10.5 Å². The molecule has 3 rings (SSSR count). The van der Waals surface area contributed by atoms with E-state index in [1.165, 1.54) is 42.7 Å². The molecule has 2 heterocycles. The monoisotopic (exact) mass is 421 g/mol. The zero-order valence-electron chi connectivity index (χ0n) is 14.1. The van der Waals surface area contributed by atoms with E-state index in [1.54, 1.807) is 18.2 Å². The summed E-state index contributed by atoms with van der Waals surface area (Å²) in [5.74, 6) is 0.956. The fourth-order valence-corrected chi connectivity index (χ4v) is 1.93. The van der Waals surface area contributed by atoms with Crippen molar-refractivity contribution >= 4 is 46.6 Å². The Balaban J connectivity index is 0.000000292. The highest BCUT2D eigenvalue weighted by Crippen LogP contribution is 2.18. The van der Waals surface area contributed by atoms with Gasteiger partial charge in [0.1, 0.15) is 17.4 Å². The van der Waals surface area contributed by atoms with Crippen LogP contribution < -0.4 is 15.8 Å². The first-order valence-electron chi connectivity index (χ1n) is 7.55. The Labute approximate surface area is 169 Å². The number of nitro groups is 1. The molecule has 0 bridgehead atoms. The molecule has 1 amide bonds. The standard InChI is InChI=1S/C12H8ClN3O4.C5H5ClN2/c13-8-1-6-11(14-7-8)15-12(17)20-10-4-2-9(3-5-10)16(18)19;6-4-1-2-5(7)8-3-4/h1-7H,(H,14,15,17);1-3H,(H2,7,8). The van der Waals surface area contributed by atoms with Gasteiger partial charge in [-0.15, -0.1) is 0 Å². The molecule has 3 N–H and O–H groups in total. The number of nitro benzene ring substituents is 1. The Morgan fingerprint density at radius 3 is 2.07 bits per heavy atom. The molecule has 3 aromatic rings. The summed E-state index contributed by atoms with van der Waals surface area (Å²) in [6.45, 7) is 0. The summed E-state index contributed by atoms with van der Waals surface area (Å²) in [5.41, 5.74) is 5.17. The molecule has 0 spiro atoms. The van der Waals surface area contributed by atoms with Crippen molar-refractivity contribution in [3.63, 3.8) is 0 Å². The quantitative estimate of drug-likeness (QED) is 0.466. The summed E-state index contributed by atoms with van der Waals surface area (Å²) in [6.07, 6.45) is 2.13. The van der Waals surface area contributed by atoms with E-state index in [0.717, 1.165) is 0 Å². The second-order valence-electron chi connectivity index (χ2n) is 5.03. The minimum atomic E-state index is -0.756. The average molecular weight is 422 g/mol. The van der Waals surface area contributed by atoms with Crippen LogP contribution in [0.3, 0.4) is 0 Å². The van der Waals surface area contributed by atoms with Crippen molar-refractivity contribution in [1.29, 1.82) is 0 Å². The number of aromatic nitrogens is 2. The van der Waals surface area contributed by atoms with Crippen LogP contribution in [0, 0.1) is 10.1 Å². The van der Waals surface area contributed by atoms with Gasteiger partial charge in [-0.1, -0.05) is 23.2 Å². The lowest BCUT2D eigenvalue weighted by Crippen LogP contribution is -2.17. The Morgan fingerprint density at radius 1 is 1.00 bits per heavy atom. The van der Waals surface area contributed by atoms with Crippen molar-refractivity contribution in [3.05, 3.63) is 81.1 Å². The van der Waals surface area contributed by atoms with E-state index in [2.05, 4.69) is 15.3 Å². The molecule has 11 heteroatoms. The number of nitrogens with zero attached hydrogens (tertiary/aromatic N) is 3. The normalized spacial score (nSPS) is 9.64. The van der Waals surface area contributed by atoms with E-state index >= 15 is 0 Å². The van der Waals surface area contributed by atoms with Gasteiger partial charge in [-0.3, -0.25) is 15.4 Å². The van der Waals surface area contributed by atoms with Crippen LogP contribution in [0.5, 0.6) is 5.75 Å². The van der Waals surface area contributed by atoms with E-state index in [1.807, 2.05) is 0 Å². The number of pyridine rings is 2. The number of nitrogens with two attached hydrogens (primary N) is 1. The van der Waals surface area contributed by atoms with Crippen LogP contribution in [0.4, 0.5) is 22.1 Å². The Morgan fingerprint density at radius 2 is 1.61 bits per heavy atom. The molecular weight excluding hydrogens is 409 g/mol. The van der Waals surface area contributed by atoms with E-state index in [-0.39, 0.29) is 17.3 Å². The summed E-state index contributed by atoms with van der Waals surface area (Å²) in [7, 11) is 0. The first kappa shape index (κ1) is 20.9. The third-order valence-electron chi connectivity index (χ3n) is 2.97. The molecule has 0 aliphatic carbocycles. The molecule has 0 radical (unpaired) electrons. The summed E-state index contributed by atoms with van der Waals surface area (Å²) in [5, 5.41) is 13.9. The van der Waals surface area contributed by atoms with Crippen molar-refractivity contribution in [2.45, 2.75) is 0 Å². The Bertz CT molecular complexity index is 914. The SMILES string of the molecule is Nc1ccc(Cl)cn1.O=C(Nc1ccc(Cl)cn1)Oc1ccc([N+](=O)[O-])cc1. The molecule has 144 valence electrons. The topological polar surface area (TPSA) is 133 Å². The minimum absolute atomic E-state index is 0.0860. The number of amides is 1. The zero-order valence-corrected chi connectivity index (χ0v) is 15.6. The first-order valence-corrected chi connectivity index (χ1v) is 8.31. The number of hydrogen-bond acceptors (Lipinski definition) is 7. The lowest BCUT2D eigenvalue weighted by Gasteiger charge is -2.05. The summed E-state index contributed by atoms with van der Waals surface area (Å²) in [6, 6.07) is 11.6. The van der Waals surface area contributed by atoms with Crippen molar-refractivity contribution in [3.8, 4) is 5.75 Å². The van der Waals surface area contributed by atoms with Crippen molar-refractivity contribution in [2.75, 3.05) is 11.1 Å². The van der Waals surface area contributed by atoms with E-state index in [4.69, 9.17) is 33.7 Å². The maximum Gasteiger partial charge on any atom is 0.418 e. The summed E-state index contributed by atoms with van der Waals surface area (Å²) in [4.78, 5) is 29.1. The van der Waals surface area contributed by atoms with E-state index in [0.29, 0.717) is 15.9 Å². The zero-order chi connectivity index (χ0) is 20.5. The number of non-ortho nitro benzene ring substituents is 1. The summed E-state index contributed by atoms with van der Waals surface area (Å²) >= 11 is 11.2. The van der Waals surface area contributed by atoms with Crippen LogP contribution in [0.25, 0.3) is 0 Å². The third-order valence-corrected chi connectivity index (χ3v) is 3.41. The molecule has 0 aliphatic rings. The van der Waals surface area contributed by atoms with Gasteiger partial charge in [0.05, 0.1) is 15.0 Å². The number of anilines is 2. The van der Waals surface area contributed by atoms with Gasteiger partial charge in [0.15, 0.2) is 0 Å². The van der Waals surface area contributed by atoms with Crippen LogP contribution in [-0.4, -0.2) is 21.0 Å². The first-order chi connectivity index (χ1) is 13.3. The van der Waals surface area contributed by atoms with Crippen LogP contribution in [0.1, 0.15) is 0 Å². The molecule has 2 aromatic heterocycles. The van der Waals surface area contributed by atoms with Crippen molar-refractivity contribution < 1.29 is 14.5 Å². The van der Waals surface area contributed by atoms with Gasteiger partial charge in [-0.25, -0.2) is 14.8 Å². The van der Waals surface area contributed by atoms with Crippen LogP contribution in [-0.2, 0) is 0 Å². The minimum Gasteiger partial charge on any atom is -0.410 e. The van der Waals surface area contributed by atoms with Gasteiger partial charge in [-0.2, -0.15) is 0 Å². The van der Waals surface area contributed by atoms with Crippen LogP contribution in [0.15, 0.2) is 60.9 Å². The number of hydrogen-bond donors (Lipinski definition) is 2. The largest absolute Gasteiger partial charge is 0.418 e. The molecule has 0 saturated heterocycles. The van der Waals surface area contributed by atoms with Gasteiger partial charge in [0.25, 0.3) is 5.69 Å². The van der Waals surface area contributed by atoms with Crippen LogP contribution >= 0.6 is 23.2 Å². The fraction of sp³-hybridized carbons (Fsp3) is 0. The van der Waals surface area contributed by atoms with Crippen molar-refractivity contribution in [2.24, 2.45) is 0 Å². The third kappa shape index (κ3) is 7.06. The second kappa shape index (κ2) is 10.0. The predicted octanol–water partition coefficient (Wildman–Crippen LogP) is 4.57. The maximum atomic E-state index is 11.5. The molecule has 1 aromatic carbocycles. The van der Waals surface area contributed by atoms with Gasteiger partial charge in [0.2, 0.25) is 0 Å². The summed E-state index contributed by atoms with van der Waals surface area (Å²) < 4.78 is 4.94. The number of rotatable bonds is 3. The van der Waals surface area contributed by atoms with E-state index in [9.17, 15) is 14.9 Å². The molecule has 9 nitrogen and oxygen atoms in total. The molecular formula is C17H13Cl2N5O4. The van der Waals surface area contributed by atoms with Gasteiger partial charge >= 0.3 is 6.09 Å². The fourth-order valence-electron chi connectivity index (χ4n) is 1.71. The number of nitrogens with one attached hydrogen (secondary N) is 1. The molecule has 0 unspecified atom stereocenters. The lowest BCUT2D eigenvalue weighted by atomic mass is 10.3. The molecule has 28 heavy (non-hydrogen) atoms. The van der Waals surface area contributed by atoms with Gasteiger partial charge in [0, 0.05) is 24.5 Å². The van der Waals surface area contributed by atoms with Crippen LogP contribution in [0.2, 0.25) is 10.0 Å². The van der Waals surface area contributed by atoms with E-state index < -0.39 is 11.0 Å². The predicted molar refractivity (Wildman–Crippen MR) is 106 cm³/mol. The van der Waals surface area contributed by atoms with Gasteiger partial charge in [-0.05, 0) is 36.4 Å². The number of carbonyl (C=O) groups excluding carboxylic acids is 1. The molecule has 0 saturated carbocycles. The highest BCUT2D eigenvalue weighted by Gasteiger charge is 2.08. The number of nitrogen functional groups attached to an aromatic ring is 1. The smallest absolute Gasteiger partial charge is 0.410 e. The number of halogens is 2. The highest BCUT2D eigenvalue weighted by molar-refractivity contribution is 6.30. The second-order valence-corrected chi connectivity index (χ2v) is 5.90. The molecule has 0 fully saturated rings. The maximum absolute atomic E-state index is 11.5. The highest BCUT2D eigenvalue weighted by atomic mass is 35.5. The number of carbonyl (C=O) groups is 1. The Hall–Kier alpha value is -3.43. The molecule has 0 aliphatic heterocycles. The number of ether oxygens (including phenoxy) is 1. The Kier molecular flexibility index (Phi) is 7.49. The number of benzene rings is 1. The lowest BCUT2D eigenvalue weighted by molar-refractivity contribution is -0.384. The molecule has 0 atom stereocenters.